The second-order valence-electron chi connectivity index (χ2n) is 8.84. The van der Waals surface area contributed by atoms with Crippen LogP contribution in [0.3, 0.4) is 0 Å². The molecular weight excluding hydrogens is 324 g/mol. The normalized spacial score (nSPS) is 51.0. The summed E-state index contributed by atoms with van der Waals surface area (Å²) >= 11 is 0. The monoisotopic (exact) mass is 350 g/mol. The van der Waals surface area contributed by atoms with Crippen LogP contribution in [0, 0.1) is 23.2 Å². The summed E-state index contributed by atoms with van der Waals surface area (Å²) in [5, 5.41) is 3.19. The van der Waals surface area contributed by atoms with Crippen LogP contribution in [0.15, 0.2) is 0 Å². The van der Waals surface area contributed by atoms with Gasteiger partial charge in [0.05, 0.1) is 24.7 Å². The molecular formula is C18H26N2O5. The second-order valence-corrected chi connectivity index (χ2v) is 8.84. The maximum atomic E-state index is 12.5. The van der Waals surface area contributed by atoms with Gasteiger partial charge >= 0.3 is 5.97 Å². The minimum Gasteiger partial charge on any atom is -0.462 e. The molecule has 0 aromatic carbocycles. The van der Waals surface area contributed by atoms with Crippen molar-refractivity contribution in [2.75, 3.05) is 19.8 Å². The quantitative estimate of drug-likeness (QED) is 0.570. The largest absolute Gasteiger partial charge is 0.462 e. The summed E-state index contributed by atoms with van der Waals surface area (Å²) in [6.45, 7) is 4.00. The van der Waals surface area contributed by atoms with Crippen molar-refractivity contribution < 1.29 is 23.9 Å². The van der Waals surface area contributed by atoms with E-state index >= 15 is 0 Å². The van der Waals surface area contributed by atoms with Crippen molar-refractivity contribution in [1.29, 1.82) is 0 Å². The number of fused-ring (bicyclic) bond motifs is 3. The van der Waals surface area contributed by atoms with E-state index in [0.29, 0.717) is 19.1 Å². The maximum absolute atomic E-state index is 12.5. The van der Waals surface area contributed by atoms with Crippen LogP contribution in [0.5, 0.6) is 0 Å². The SMILES string of the molecule is CC12CCCC3(CO3)C1CC1C(C2)OC(=O)C1CNC1CONC1=O. The van der Waals surface area contributed by atoms with E-state index in [4.69, 9.17) is 14.3 Å². The average Bonchev–Trinajstić information content (AvgIpc) is 3.11. The minimum atomic E-state index is -0.381. The van der Waals surface area contributed by atoms with Gasteiger partial charge in [0, 0.05) is 12.5 Å². The van der Waals surface area contributed by atoms with Crippen LogP contribution in [0.25, 0.3) is 0 Å². The molecule has 5 rings (SSSR count). The van der Waals surface area contributed by atoms with E-state index in [-0.39, 0.29) is 46.9 Å². The zero-order chi connectivity index (χ0) is 17.2. The molecule has 0 bridgehead atoms. The number of hydrogen-bond donors (Lipinski definition) is 2. The fourth-order valence-corrected chi connectivity index (χ4v) is 5.95. The zero-order valence-corrected chi connectivity index (χ0v) is 14.6. The van der Waals surface area contributed by atoms with Crippen LogP contribution in [0.2, 0.25) is 0 Å². The molecule has 7 atom stereocenters. The van der Waals surface area contributed by atoms with Crippen molar-refractivity contribution in [2.45, 2.75) is 56.8 Å². The van der Waals surface area contributed by atoms with Gasteiger partial charge in [-0.3, -0.25) is 14.4 Å². The molecule has 0 radical (unpaired) electrons. The van der Waals surface area contributed by atoms with Gasteiger partial charge < -0.3 is 14.8 Å². The number of epoxide rings is 1. The number of nitrogens with one attached hydrogen (secondary N) is 2. The topological polar surface area (TPSA) is 89.2 Å². The molecule has 2 saturated carbocycles. The van der Waals surface area contributed by atoms with Crippen molar-refractivity contribution in [2.24, 2.45) is 23.2 Å². The van der Waals surface area contributed by atoms with Crippen LogP contribution in [0.4, 0.5) is 0 Å². The Morgan fingerprint density at radius 3 is 2.88 bits per heavy atom. The first-order valence-electron chi connectivity index (χ1n) is 9.50. The molecule has 3 aliphatic heterocycles. The first kappa shape index (κ1) is 16.0. The third kappa shape index (κ3) is 2.43. The number of ether oxygens (including phenoxy) is 2. The molecule has 7 unspecified atom stereocenters. The van der Waals surface area contributed by atoms with Crippen LogP contribution in [-0.2, 0) is 23.9 Å². The van der Waals surface area contributed by atoms with Gasteiger partial charge in [-0.05, 0) is 43.4 Å². The molecule has 3 saturated heterocycles. The summed E-state index contributed by atoms with van der Waals surface area (Å²) in [5.74, 6) is 0.278. The molecule has 25 heavy (non-hydrogen) atoms. The fourth-order valence-electron chi connectivity index (χ4n) is 5.95. The second kappa shape index (κ2) is 5.41. The van der Waals surface area contributed by atoms with Crippen LogP contribution in [0.1, 0.15) is 39.0 Å². The number of rotatable bonds is 3. The maximum Gasteiger partial charge on any atom is 0.310 e. The van der Waals surface area contributed by atoms with E-state index in [1.54, 1.807) is 0 Å². The summed E-state index contributed by atoms with van der Waals surface area (Å²) in [7, 11) is 0. The molecule has 5 fully saturated rings. The van der Waals surface area contributed by atoms with Crippen molar-refractivity contribution in [3.63, 3.8) is 0 Å². The third-order valence-corrected chi connectivity index (χ3v) is 7.40. The van der Waals surface area contributed by atoms with Gasteiger partial charge in [0.25, 0.3) is 5.91 Å². The number of carbonyl (C=O) groups is 2. The lowest BCUT2D eigenvalue weighted by Crippen LogP contribution is -2.51. The Bertz CT molecular complexity index is 606. The number of hydrogen-bond acceptors (Lipinski definition) is 6. The number of amides is 1. The van der Waals surface area contributed by atoms with E-state index in [2.05, 4.69) is 17.7 Å². The highest BCUT2D eigenvalue weighted by Gasteiger charge is 2.65. The van der Waals surface area contributed by atoms with Crippen molar-refractivity contribution in [1.82, 2.24) is 10.8 Å². The Hall–Kier alpha value is -1.18. The molecule has 7 nitrogen and oxygen atoms in total. The molecule has 0 aromatic heterocycles. The van der Waals surface area contributed by atoms with E-state index in [1.807, 2.05) is 0 Å². The Balaban J connectivity index is 1.32. The third-order valence-electron chi connectivity index (χ3n) is 7.40. The number of hydroxylamine groups is 1. The summed E-state index contributed by atoms with van der Waals surface area (Å²) in [4.78, 5) is 29.1. The lowest BCUT2D eigenvalue weighted by molar-refractivity contribution is -0.147. The fraction of sp³-hybridized carbons (Fsp3) is 0.889. The molecule has 7 heteroatoms. The Kier molecular flexibility index (Phi) is 3.47. The first-order valence-corrected chi connectivity index (χ1v) is 9.50. The summed E-state index contributed by atoms with van der Waals surface area (Å²) in [5.41, 5.74) is 2.63. The van der Waals surface area contributed by atoms with Crippen molar-refractivity contribution in [3.05, 3.63) is 0 Å². The number of carbonyl (C=O) groups excluding carboxylic acids is 2. The Labute approximate surface area is 147 Å². The first-order chi connectivity index (χ1) is 12.0. The predicted octanol–water partition coefficient (Wildman–Crippen LogP) is 0.533. The molecule has 1 amide bonds. The van der Waals surface area contributed by atoms with Crippen LogP contribution < -0.4 is 10.8 Å². The van der Waals surface area contributed by atoms with Gasteiger partial charge in [0.1, 0.15) is 12.1 Å². The Morgan fingerprint density at radius 2 is 2.16 bits per heavy atom. The summed E-state index contributed by atoms with van der Waals surface area (Å²) < 4.78 is 11.7. The summed E-state index contributed by atoms with van der Waals surface area (Å²) in [6, 6.07) is -0.381. The highest BCUT2D eigenvalue weighted by atomic mass is 16.7. The number of esters is 1. The minimum absolute atomic E-state index is 0.0168. The van der Waals surface area contributed by atoms with Gasteiger partial charge in [-0.2, -0.15) is 0 Å². The van der Waals surface area contributed by atoms with Crippen molar-refractivity contribution in [3.8, 4) is 0 Å². The van der Waals surface area contributed by atoms with E-state index in [1.165, 1.54) is 12.8 Å². The lowest BCUT2D eigenvalue weighted by atomic mass is 9.53. The molecule has 0 aromatic rings. The van der Waals surface area contributed by atoms with E-state index in [0.717, 1.165) is 25.9 Å². The van der Waals surface area contributed by atoms with Gasteiger partial charge in [-0.15, -0.1) is 0 Å². The average molecular weight is 350 g/mol. The van der Waals surface area contributed by atoms with Crippen molar-refractivity contribution >= 4 is 11.9 Å². The predicted molar refractivity (Wildman–Crippen MR) is 86.1 cm³/mol. The molecule has 138 valence electrons. The molecule has 2 aliphatic carbocycles. The van der Waals surface area contributed by atoms with Gasteiger partial charge in [-0.25, -0.2) is 5.48 Å². The highest BCUT2D eigenvalue weighted by molar-refractivity contribution is 5.82. The van der Waals surface area contributed by atoms with E-state index in [9.17, 15) is 9.59 Å². The molecule has 3 heterocycles. The molecule has 5 aliphatic rings. The van der Waals surface area contributed by atoms with E-state index < -0.39 is 0 Å². The van der Waals surface area contributed by atoms with Crippen LogP contribution >= 0.6 is 0 Å². The van der Waals surface area contributed by atoms with Gasteiger partial charge in [-0.1, -0.05) is 6.92 Å². The van der Waals surface area contributed by atoms with Gasteiger partial charge in [0.15, 0.2) is 0 Å². The zero-order valence-electron chi connectivity index (χ0n) is 14.6. The standard InChI is InChI=1S/C18H26N2O5/c1-17-3-2-4-18(9-23-18)14(17)5-10-11(16(22)25-13(10)6-17)7-19-12-8-24-20-15(12)21/h10-14,19H,2-9H2,1H3,(H,20,21). The summed E-state index contributed by atoms with van der Waals surface area (Å²) in [6.07, 6.45) is 5.52. The van der Waals surface area contributed by atoms with Crippen LogP contribution in [-0.4, -0.2) is 49.4 Å². The highest BCUT2D eigenvalue weighted by Crippen LogP contribution is 2.62. The smallest absolute Gasteiger partial charge is 0.310 e. The Morgan fingerprint density at radius 1 is 1.32 bits per heavy atom. The molecule has 1 spiro atoms. The lowest BCUT2D eigenvalue weighted by Gasteiger charge is -2.51. The molecule has 2 N–H and O–H groups in total. The van der Waals surface area contributed by atoms with Gasteiger partial charge in [0.2, 0.25) is 0 Å².